The van der Waals surface area contributed by atoms with Crippen molar-refractivity contribution >= 4 is 18.2 Å². The van der Waals surface area contributed by atoms with Crippen molar-refractivity contribution in [1.29, 1.82) is 0 Å². The van der Waals surface area contributed by atoms with Gasteiger partial charge >= 0.3 is 0 Å². The van der Waals surface area contributed by atoms with Crippen LogP contribution in [-0.4, -0.2) is 60.2 Å². The molecular formula is C17H27N3O3. The Bertz CT molecular complexity index is 452. The lowest BCUT2D eigenvalue weighted by molar-refractivity contribution is -0.137. The highest BCUT2D eigenvalue weighted by Gasteiger charge is 2.49. The molecule has 23 heavy (non-hydrogen) atoms. The topological polar surface area (TPSA) is 69.7 Å². The van der Waals surface area contributed by atoms with Crippen molar-refractivity contribution in [3.63, 3.8) is 0 Å². The molecule has 0 aromatic carbocycles. The van der Waals surface area contributed by atoms with E-state index in [0.29, 0.717) is 38.6 Å². The predicted molar refractivity (Wildman–Crippen MR) is 85.4 cm³/mol. The van der Waals surface area contributed by atoms with Crippen LogP contribution in [0.25, 0.3) is 0 Å². The second kappa shape index (κ2) is 7.32. The highest BCUT2D eigenvalue weighted by molar-refractivity contribution is 5.92. The van der Waals surface area contributed by atoms with Crippen LogP contribution in [0.3, 0.4) is 0 Å². The van der Waals surface area contributed by atoms with Crippen LogP contribution < -0.4 is 5.32 Å². The smallest absolute Gasteiger partial charge is 0.226 e. The molecule has 128 valence electrons. The molecule has 2 unspecified atom stereocenters. The summed E-state index contributed by atoms with van der Waals surface area (Å²) in [6.45, 7) is 2.37. The number of carbonyl (C=O) groups is 3. The van der Waals surface area contributed by atoms with Gasteiger partial charge in [-0.3, -0.25) is 14.4 Å². The highest BCUT2D eigenvalue weighted by Crippen LogP contribution is 2.40. The summed E-state index contributed by atoms with van der Waals surface area (Å²) in [6, 6.07) is 0.303. The molecule has 0 radical (unpaired) electrons. The Morgan fingerprint density at radius 1 is 0.913 bits per heavy atom. The van der Waals surface area contributed by atoms with Crippen molar-refractivity contribution in [3.05, 3.63) is 0 Å². The number of nitrogens with one attached hydrogen (secondary N) is 1. The van der Waals surface area contributed by atoms with Crippen molar-refractivity contribution in [2.45, 2.75) is 51.0 Å². The van der Waals surface area contributed by atoms with Crippen molar-refractivity contribution in [1.82, 2.24) is 15.1 Å². The molecule has 2 saturated carbocycles. The third kappa shape index (κ3) is 4.03. The fraction of sp³-hybridized carbons (Fsp3) is 0.824. The Kier molecular flexibility index (Phi) is 5.18. The van der Waals surface area contributed by atoms with E-state index < -0.39 is 0 Å². The van der Waals surface area contributed by atoms with Gasteiger partial charge in [0.2, 0.25) is 18.2 Å². The molecule has 1 N–H and O–H groups in total. The molecule has 0 spiro atoms. The van der Waals surface area contributed by atoms with Crippen LogP contribution in [0.15, 0.2) is 0 Å². The van der Waals surface area contributed by atoms with Crippen molar-refractivity contribution < 1.29 is 14.4 Å². The minimum Gasteiger partial charge on any atom is -0.353 e. The minimum absolute atomic E-state index is 0.0711. The zero-order valence-corrected chi connectivity index (χ0v) is 13.7. The Hall–Kier alpha value is -1.59. The average molecular weight is 321 g/mol. The summed E-state index contributed by atoms with van der Waals surface area (Å²) >= 11 is 0. The molecule has 0 aromatic rings. The summed E-state index contributed by atoms with van der Waals surface area (Å²) in [5.74, 6) is -0.100. The number of amides is 3. The third-order valence-corrected chi connectivity index (χ3v) is 5.42. The fourth-order valence-electron chi connectivity index (χ4n) is 3.77. The second-order valence-corrected chi connectivity index (χ2v) is 7.11. The van der Waals surface area contributed by atoms with Gasteiger partial charge < -0.3 is 15.1 Å². The normalized spacial score (nSPS) is 28.9. The molecule has 0 aromatic heterocycles. The zero-order valence-electron chi connectivity index (χ0n) is 13.7. The number of hydrogen-bond donors (Lipinski definition) is 1. The molecule has 1 heterocycles. The van der Waals surface area contributed by atoms with Crippen LogP contribution >= 0.6 is 0 Å². The first-order chi connectivity index (χ1) is 11.2. The quantitative estimate of drug-likeness (QED) is 0.614. The van der Waals surface area contributed by atoms with Gasteiger partial charge in [-0.2, -0.15) is 0 Å². The van der Waals surface area contributed by atoms with Gasteiger partial charge in [0.25, 0.3) is 0 Å². The number of rotatable bonds is 4. The summed E-state index contributed by atoms with van der Waals surface area (Å²) in [6.07, 6.45) is 8.59. The van der Waals surface area contributed by atoms with Crippen LogP contribution in [0.2, 0.25) is 0 Å². The van der Waals surface area contributed by atoms with Gasteiger partial charge in [0.1, 0.15) is 0 Å². The van der Waals surface area contributed by atoms with E-state index in [2.05, 4.69) is 5.32 Å². The summed E-state index contributed by atoms with van der Waals surface area (Å²) in [7, 11) is 0. The molecular weight excluding hydrogens is 294 g/mol. The van der Waals surface area contributed by atoms with E-state index in [1.54, 1.807) is 4.90 Å². The predicted octanol–water partition coefficient (Wildman–Crippen LogP) is 0.762. The molecule has 1 aliphatic heterocycles. The standard InChI is InChI=1S/C17H27N3O3/c21-12-19-7-9-20(10-8-19)17(23)15-11-14(15)16(22)18-13-5-3-1-2-4-6-13/h12-15H,1-11H2,(H,18,22). The van der Waals surface area contributed by atoms with E-state index in [4.69, 9.17) is 0 Å². The van der Waals surface area contributed by atoms with E-state index in [0.717, 1.165) is 19.3 Å². The zero-order chi connectivity index (χ0) is 16.2. The lowest BCUT2D eigenvalue weighted by Gasteiger charge is -2.32. The van der Waals surface area contributed by atoms with Gasteiger partial charge in [-0.25, -0.2) is 0 Å². The van der Waals surface area contributed by atoms with Crippen LogP contribution in [0.1, 0.15) is 44.9 Å². The van der Waals surface area contributed by atoms with Gasteiger partial charge in [-0.1, -0.05) is 25.7 Å². The lowest BCUT2D eigenvalue weighted by Crippen LogP contribution is -2.49. The van der Waals surface area contributed by atoms with Gasteiger partial charge in [0.15, 0.2) is 0 Å². The molecule has 3 fully saturated rings. The molecule has 2 atom stereocenters. The Labute approximate surface area is 137 Å². The first-order valence-corrected chi connectivity index (χ1v) is 8.97. The lowest BCUT2D eigenvalue weighted by atomic mass is 10.1. The molecule has 0 bridgehead atoms. The average Bonchev–Trinajstić information content (AvgIpc) is 3.39. The third-order valence-electron chi connectivity index (χ3n) is 5.42. The van der Waals surface area contributed by atoms with Crippen LogP contribution in [0.5, 0.6) is 0 Å². The van der Waals surface area contributed by atoms with Crippen LogP contribution in [0, 0.1) is 11.8 Å². The van der Waals surface area contributed by atoms with Gasteiger partial charge in [0, 0.05) is 32.2 Å². The maximum absolute atomic E-state index is 12.5. The Balaban J connectivity index is 1.44. The maximum Gasteiger partial charge on any atom is 0.226 e. The van der Waals surface area contributed by atoms with Crippen molar-refractivity contribution in [2.75, 3.05) is 26.2 Å². The SMILES string of the molecule is O=CN1CCN(C(=O)C2CC2C(=O)NC2CCCCCC2)CC1. The molecule has 3 rings (SSSR count). The van der Waals surface area contributed by atoms with Crippen LogP contribution in [0.4, 0.5) is 0 Å². The molecule has 3 amide bonds. The minimum atomic E-state index is -0.136. The van der Waals surface area contributed by atoms with E-state index in [1.165, 1.54) is 25.7 Å². The fourth-order valence-corrected chi connectivity index (χ4v) is 3.77. The van der Waals surface area contributed by atoms with E-state index in [1.807, 2.05) is 4.90 Å². The van der Waals surface area contributed by atoms with Gasteiger partial charge in [0.05, 0.1) is 11.8 Å². The maximum atomic E-state index is 12.5. The van der Waals surface area contributed by atoms with E-state index in [9.17, 15) is 14.4 Å². The van der Waals surface area contributed by atoms with Crippen LogP contribution in [-0.2, 0) is 14.4 Å². The van der Waals surface area contributed by atoms with Crippen molar-refractivity contribution in [2.24, 2.45) is 11.8 Å². The summed E-state index contributed by atoms with van der Waals surface area (Å²) < 4.78 is 0. The van der Waals surface area contributed by atoms with E-state index in [-0.39, 0.29) is 23.7 Å². The largest absolute Gasteiger partial charge is 0.353 e. The van der Waals surface area contributed by atoms with Gasteiger partial charge in [-0.15, -0.1) is 0 Å². The first-order valence-electron chi connectivity index (χ1n) is 8.97. The Morgan fingerprint density at radius 3 is 2.17 bits per heavy atom. The van der Waals surface area contributed by atoms with Gasteiger partial charge in [-0.05, 0) is 19.3 Å². The Morgan fingerprint density at radius 2 is 1.57 bits per heavy atom. The number of piperazine rings is 1. The monoisotopic (exact) mass is 321 g/mol. The van der Waals surface area contributed by atoms with E-state index >= 15 is 0 Å². The molecule has 1 saturated heterocycles. The summed E-state index contributed by atoms with van der Waals surface area (Å²) in [5, 5.41) is 3.16. The number of hydrogen-bond acceptors (Lipinski definition) is 3. The number of nitrogens with zero attached hydrogens (tertiary/aromatic N) is 2. The summed E-state index contributed by atoms with van der Waals surface area (Å²) in [5.41, 5.74) is 0. The summed E-state index contributed by atoms with van der Waals surface area (Å²) in [4.78, 5) is 39.0. The first kappa shape index (κ1) is 16.3. The molecule has 2 aliphatic carbocycles. The molecule has 6 heteroatoms. The molecule has 3 aliphatic rings. The molecule has 6 nitrogen and oxygen atoms in total. The highest BCUT2D eigenvalue weighted by atomic mass is 16.2. The second-order valence-electron chi connectivity index (χ2n) is 7.11. The van der Waals surface area contributed by atoms with Crippen molar-refractivity contribution in [3.8, 4) is 0 Å². The number of carbonyl (C=O) groups excluding carboxylic acids is 3.